The second-order valence-electron chi connectivity index (χ2n) is 9.08. The average Bonchev–Trinajstić information content (AvgIpc) is 2.88. The smallest absolute Gasteiger partial charge is 0.267 e. The van der Waals surface area contributed by atoms with Crippen LogP contribution in [0.25, 0.3) is 0 Å². The molecule has 0 radical (unpaired) electrons. The first kappa shape index (κ1) is 28.0. The Kier molecular flexibility index (Phi) is 8.08. The highest BCUT2D eigenvalue weighted by Crippen LogP contribution is 2.34. The number of carbonyl (C=O) groups is 1. The Hall–Kier alpha value is -3.05. The molecule has 0 atom stereocenters. The van der Waals surface area contributed by atoms with Gasteiger partial charge >= 0.3 is 0 Å². The standard InChI is InChI=1S/C26H22BrClF5N3O2/c1-26(2,38-16-6-3-14(27)4-7-16)25(37)34-15-5-8-18(17(28)13-15)35-9-11-36(12-10-35)24-22(32)20(30)19(29)21(31)23(24)33/h3-8,13H,9-12H2,1-2H3,(H,34,37). The molecule has 1 saturated heterocycles. The fourth-order valence-electron chi connectivity index (χ4n) is 4.01. The van der Waals surface area contributed by atoms with Crippen molar-refractivity contribution in [3.05, 3.63) is 81.0 Å². The fourth-order valence-corrected chi connectivity index (χ4v) is 4.57. The highest BCUT2D eigenvalue weighted by atomic mass is 79.9. The molecule has 1 fully saturated rings. The average molecular weight is 619 g/mol. The second kappa shape index (κ2) is 11.0. The number of halogens is 7. The molecule has 3 aromatic carbocycles. The molecular weight excluding hydrogens is 597 g/mol. The van der Waals surface area contributed by atoms with Crippen molar-refractivity contribution < 1.29 is 31.5 Å². The minimum Gasteiger partial charge on any atom is -0.478 e. The molecule has 5 nitrogen and oxygen atoms in total. The van der Waals surface area contributed by atoms with Crippen LogP contribution >= 0.6 is 27.5 Å². The molecule has 0 saturated carbocycles. The lowest BCUT2D eigenvalue weighted by molar-refractivity contribution is -0.128. The number of benzene rings is 3. The fraction of sp³-hybridized carbons (Fsp3) is 0.269. The first-order valence-electron chi connectivity index (χ1n) is 11.5. The molecule has 1 N–H and O–H groups in total. The number of nitrogens with one attached hydrogen (secondary N) is 1. The van der Waals surface area contributed by atoms with Crippen molar-refractivity contribution in [3.8, 4) is 5.75 Å². The number of amides is 1. The topological polar surface area (TPSA) is 44.8 Å². The van der Waals surface area contributed by atoms with Gasteiger partial charge in [0.25, 0.3) is 5.91 Å². The van der Waals surface area contributed by atoms with Crippen LogP contribution in [-0.2, 0) is 4.79 Å². The molecule has 1 aliphatic rings. The second-order valence-corrected chi connectivity index (χ2v) is 10.4. The molecule has 1 amide bonds. The summed E-state index contributed by atoms with van der Waals surface area (Å²) in [5.41, 5.74) is -1.12. The summed E-state index contributed by atoms with van der Waals surface area (Å²) in [6, 6.07) is 11.9. The van der Waals surface area contributed by atoms with E-state index in [0.29, 0.717) is 22.1 Å². The van der Waals surface area contributed by atoms with Crippen molar-refractivity contribution in [2.24, 2.45) is 0 Å². The van der Waals surface area contributed by atoms with Crippen molar-refractivity contribution >= 4 is 50.5 Å². The molecule has 202 valence electrons. The Morgan fingerprint density at radius 2 is 1.39 bits per heavy atom. The van der Waals surface area contributed by atoms with Crippen LogP contribution in [0.15, 0.2) is 46.9 Å². The van der Waals surface area contributed by atoms with Gasteiger partial charge in [0.2, 0.25) is 5.82 Å². The van der Waals surface area contributed by atoms with E-state index in [1.54, 1.807) is 56.3 Å². The molecule has 0 bridgehead atoms. The van der Waals surface area contributed by atoms with Gasteiger partial charge in [0.05, 0.1) is 10.7 Å². The summed E-state index contributed by atoms with van der Waals surface area (Å²) in [6.07, 6.45) is 0. The number of nitrogens with zero attached hydrogens (tertiary/aromatic N) is 2. The van der Waals surface area contributed by atoms with E-state index >= 15 is 0 Å². The number of carbonyl (C=O) groups excluding carboxylic acids is 1. The van der Waals surface area contributed by atoms with Crippen LogP contribution in [0.2, 0.25) is 5.02 Å². The maximum Gasteiger partial charge on any atom is 0.267 e. The number of ether oxygens (including phenoxy) is 1. The van der Waals surface area contributed by atoms with Gasteiger partial charge in [0, 0.05) is 36.3 Å². The molecule has 3 aromatic rings. The molecule has 0 aliphatic carbocycles. The minimum absolute atomic E-state index is 0.00520. The maximum absolute atomic E-state index is 14.2. The van der Waals surface area contributed by atoms with E-state index in [0.717, 1.165) is 9.37 Å². The zero-order chi connectivity index (χ0) is 27.8. The largest absolute Gasteiger partial charge is 0.478 e. The van der Waals surface area contributed by atoms with E-state index in [2.05, 4.69) is 21.2 Å². The third-order valence-electron chi connectivity index (χ3n) is 6.06. The highest BCUT2D eigenvalue weighted by molar-refractivity contribution is 9.10. The third kappa shape index (κ3) is 5.68. The highest BCUT2D eigenvalue weighted by Gasteiger charge is 2.32. The lowest BCUT2D eigenvalue weighted by Gasteiger charge is -2.38. The van der Waals surface area contributed by atoms with Crippen LogP contribution in [-0.4, -0.2) is 37.7 Å². The number of piperazine rings is 1. The van der Waals surface area contributed by atoms with Gasteiger partial charge in [-0.15, -0.1) is 0 Å². The van der Waals surface area contributed by atoms with Crippen LogP contribution in [0.1, 0.15) is 13.8 Å². The lowest BCUT2D eigenvalue weighted by Crippen LogP contribution is -2.47. The van der Waals surface area contributed by atoms with Gasteiger partial charge in [-0.2, -0.15) is 0 Å². The molecule has 38 heavy (non-hydrogen) atoms. The minimum atomic E-state index is -2.19. The molecular formula is C26H22BrClF5N3O2. The number of anilines is 3. The summed E-state index contributed by atoms with van der Waals surface area (Å²) < 4.78 is 75.7. The van der Waals surface area contributed by atoms with Crippen molar-refractivity contribution in [1.29, 1.82) is 0 Å². The predicted octanol–water partition coefficient (Wildman–Crippen LogP) is 6.92. The zero-order valence-corrected chi connectivity index (χ0v) is 22.6. The summed E-state index contributed by atoms with van der Waals surface area (Å²) >= 11 is 9.81. The lowest BCUT2D eigenvalue weighted by atomic mass is 10.1. The Balaban J connectivity index is 1.42. The molecule has 0 spiro atoms. The summed E-state index contributed by atoms with van der Waals surface area (Å²) in [5.74, 6) is -9.75. The summed E-state index contributed by atoms with van der Waals surface area (Å²) in [5, 5.41) is 3.08. The molecule has 1 aliphatic heterocycles. The molecule has 4 rings (SSSR count). The zero-order valence-electron chi connectivity index (χ0n) is 20.2. The van der Waals surface area contributed by atoms with E-state index in [4.69, 9.17) is 16.3 Å². The first-order chi connectivity index (χ1) is 17.9. The van der Waals surface area contributed by atoms with Crippen molar-refractivity contribution in [2.75, 3.05) is 41.3 Å². The SMILES string of the molecule is CC(C)(Oc1ccc(Br)cc1)C(=O)Nc1ccc(N2CCN(c3c(F)c(F)c(F)c(F)c3F)CC2)c(Cl)c1. The summed E-state index contributed by atoms with van der Waals surface area (Å²) in [6.45, 7) is 3.66. The summed E-state index contributed by atoms with van der Waals surface area (Å²) in [7, 11) is 0. The number of rotatable bonds is 6. The van der Waals surface area contributed by atoms with Crippen LogP contribution < -0.4 is 19.9 Å². The van der Waals surface area contributed by atoms with E-state index in [1.165, 1.54) is 0 Å². The summed E-state index contributed by atoms with van der Waals surface area (Å²) in [4.78, 5) is 15.8. The van der Waals surface area contributed by atoms with E-state index < -0.39 is 46.3 Å². The van der Waals surface area contributed by atoms with Crippen molar-refractivity contribution in [3.63, 3.8) is 0 Å². The van der Waals surface area contributed by atoms with Gasteiger partial charge in [-0.05, 0) is 56.3 Å². The molecule has 0 aromatic heterocycles. The number of hydrogen-bond acceptors (Lipinski definition) is 4. The van der Waals surface area contributed by atoms with Gasteiger partial charge in [0.1, 0.15) is 11.4 Å². The van der Waals surface area contributed by atoms with Crippen LogP contribution in [0.4, 0.5) is 39.0 Å². The normalized spacial score (nSPS) is 14.0. The van der Waals surface area contributed by atoms with Gasteiger partial charge in [-0.3, -0.25) is 4.79 Å². The Bertz CT molecular complexity index is 1340. The quantitative estimate of drug-likeness (QED) is 0.185. The van der Waals surface area contributed by atoms with Gasteiger partial charge in [-0.1, -0.05) is 27.5 Å². The van der Waals surface area contributed by atoms with Crippen LogP contribution in [0.3, 0.4) is 0 Å². The Morgan fingerprint density at radius 1 is 0.868 bits per heavy atom. The first-order valence-corrected chi connectivity index (χ1v) is 12.6. The molecule has 12 heteroatoms. The molecule has 0 unspecified atom stereocenters. The van der Waals surface area contributed by atoms with E-state index in [9.17, 15) is 26.7 Å². The third-order valence-corrected chi connectivity index (χ3v) is 6.89. The van der Waals surface area contributed by atoms with Gasteiger partial charge in [-0.25, -0.2) is 22.0 Å². The van der Waals surface area contributed by atoms with Crippen LogP contribution in [0, 0.1) is 29.1 Å². The number of hydrogen-bond donors (Lipinski definition) is 1. The van der Waals surface area contributed by atoms with E-state index in [1.807, 2.05) is 4.90 Å². The van der Waals surface area contributed by atoms with Gasteiger partial charge in [0.15, 0.2) is 28.9 Å². The van der Waals surface area contributed by atoms with Crippen LogP contribution in [0.5, 0.6) is 5.75 Å². The molecule has 1 heterocycles. The van der Waals surface area contributed by atoms with Gasteiger partial charge < -0.3 is 19.9 Å². The van der Waals surface area contributed by atoms with Crippen molar-refractivity contribution in [1.82, 2.24) is 0 Å². The Morgan fingerprint density at radius 3 is 1.95 bits per heavy atom. The predicted molar refractivity (Wildman–Crippen MR) is 140 cm³/mol. The maximum atomic E-state index is 14.2. The van der Waals surface area contributed by atoms with Crippen molar-refractivity contribution in [2.45, 2.75) is 19.4 Å². The Labute approximate surface area is 229 Å². The monoisotopic (exact) mass is 617 g/mol. The van der Waals surface area contributed by atoms with E-state index in [-0.39, 0.29) is 26.2 Å².